The fourth-order valence-electron chi connectivity index (χ4n) is 7.80. The number of hydrogen-bond acceptors (Lipinski definition) is 2. The number of fused-ring (bicyclic) bond motifs is 8. The van der Waals surface area contributed by atoms with Gasteiger partial charge in [-0.1, -0.05) is 25.1 Å². The number of methoxy groups -OCH3 is 1. The molecule has 152 valence electrons. The SMILES string of the molecule is COc1ccc2c(c1)CC[C@@H]1[C@@H]2CC[C@@]2(C)[C@H]1C[C@H]1Cc3ccc(C)cc3N[C@@H]12. The lowest BCUT2D eigenvalue weighted by Gasteiger charge is -2.51. The molecule has 2 saturated carbocycles. The van der Waals surface area contributed by atoms with Crippen LogP contribution in [0.2, 0.25) is 0 Å². The summed E-state index contributed by atoms with van der Waals surface area (Å²) in [4.78, 5) is 0. The molecule has 1 N–H and O–H groups in total. The third kappa shape index (κ3) is 2.54. The highest BCUT2D eigenvalue weighted by Gasteiger charge is 2.58. The number of benzene rings is 2. The molecule has 6 rings (SSSR count). The van der Waals surface area contributed by atoms with Gasteiger partial charge in [-0.05, 0) is 115 Å². The van der Waals surface area contributed by atoms with Crippen molar-refractivity contribution in [2.75, 3.05) is 12.4 Å². The lowest BCUT2D eigenvalue weighted by Crippen LogP contribution is -2.48. The first-order valence-corrected chi connectivity index (χ1v) is 11.6. The highest BCUT2D eigenvalue weighted by Crippen LogP contribution is 2.64. The van der Waals surface area contributed by atoms with Crippen molar-refractivity contribution in [2.24, 2.45) is 23.2 Å². The van der Waals surface area contributed by atoms with E-state index in [9.17, 15) is 0 Å². The molecule has 0 spiro atoms. The summed E-state index contributed by atoms with van der Waals surface area (Å²) in [6, 6.07) is 14.5. The van der Waals surface area contributed by atoms with Crippen LogP contribution in [-0.4, -0.2) is 13.2 Å². The second-order valence-electron chi connectivity index (χ2n) is 10.5. The molecule has 6 atom stereocenters. The molecule has 4 aliphatic rings. The molecule has 2 aromatic carbocycles. The molecule has 2 nitrogen and oxygen atoms in total. The van der Waals surface area contributed by atoms with E-state index in [0.717, 1.165) is 29.4 Å². The molecule has 0 unspecified atom stereocenters. The van der Waals surface area contributed by atoms with Crippen molar-refractivity contribution >= 4 is 5.69 Å². The van der Waals surface area contributed by atoms with Gasteiger partial charge >= 0.3 is 0 Å². The van der Waals surface area contributed by atoms with Crippen molar-refractivity contribution < 1.29 is 4.74 Å². The minimum atomic E-state index is 0.442. The quantitative estimate of drug-likeness (QED) is 0.636. The zero-order valence-corrected chi connectivity index (χ0v) is 18.0. The second kappa shape index (κ2) is 6.27. The van der Waals surface area contributed by atoms with Crippen molar-refractivity contribution in [3.05, 3.63) is 58.7 Å². The summed E-state index contributed by atoms with van der Waals surface area (Å²) < 4.78 is 5.50. The Morgan fingerprint density at radius 1 is 1.07 bits per heavy atom. The first-order chi connectivity index (χ1) is 14.1. The van der Waals surface area contributed by atoms with E-state index in [2.05, 4.69) is 55.6 Å². The monoisotopic (exact) mass is 387 g/mol. The smallest absolute Gasteiger partial charge is 0.119 e. The van der Waals surface area contributed by atoms with E-state index in [0.29, 0.717) is 11.5 Å². The molecule has 1 heterocycles. The summed E-state index contributed by atoms with van der Waals surface area (Å²) in [7, 11) is 1.78. The van der Waals surface area contributed by atoms with Crippen LogP contribution in [0.25, 0.3) is 0 Å². The van der Waals surface area contributed by atoms with Gasteiger partial charge in [0.2, 0.25) is 0 Å². The zero-order valence-electron chi connectivity index (χ0n) is 18.0. The third-order valence-corrected chi connectivity index (χ3v) is 9.17. The largest absolute Gasteiger partial charge is 0.497 e. The van der Waals surface area contributed by atoms with Crippen LogP contribution in [0.15, 0.2) is 36.4 Å². The van der Waals surface area contributed by atoms with E-state index in [-0.39, 0.29) is 0 Å². The first kappa shape index (κ1) is 17.9. The summed E-state index contributed by atoms with van der Waals surface area (Å²) in [6.07, 6.45) is 7.97. The molecule has 2 fully saturated rings. The first-order valence-electron chi connectivity index (χ1n) is 11.6. The molecule has 3 aliphatic carbocycles. The van der Waals surface area contributed by atoms with Crippen LogP contribution < -0.4 is 10.1 Å². The summed E-state index contributed by atoms with van der Waals surface area (Å²) in [5.74, 6) is 4.29. The minimum Gasteiger partial charge on any atom is -0.497 e. The van der Waals surface area contributed by atoms with Gasteiger partial charge in [0.1, 0.15) is 5.75 Å². The van der Waals surface area contributed by atoms with Crippen molar-refractivity contribution in [2.45, 2.75) is 64.3 Å². The van der Waals surface area contributed by atoms with E-state index < -0.39 is 0 Å². The maximum Gasteiger partial charge on any atom is 0.119 e. The molecule has 29 heavy (non-hydrogen) atoms. The predicted octanol–water partition coefficient (Wildman–Crippen LogP) is 6.12. The third-order valence-electron chi connectivity index (χ3n) is 9.17. The molecular weight excluding hydrogens is 354 g/mol. The fourth-order valence-corrected chi connectivity index (χ4v) is 7.80. The van der Waals surface area contributed by atoms with Crippen LogP contribution >= 0.6 is 0 Å². The van der Waals surface area contributed by atoms with Crippen molar-refractivity contribution in [3.8, 4) is 5.75 Å². The Bertz CT molecular complexity index is 965. The predicted molar refractivity (Wildman–Crippen MR) is 119 cm³/mol. The number of nitrogens with one attached hydrogen (secondary N) is 1. The second-order valence-corrected chi connectivity index (χ2v) is 10.5. The van der Waals surface area contributed by atoms with Crippen LogP contribution in [0.3, 0.4) is 0 Å². The molecule has 0 saturated heterocycles. The standard InChI is InChI=1S/C27H33NO/c1-16-4-5-18-13-19-15-24-23-8-6-17-14-20(29-3)7-9-21(17)22(23)10-11-27(24,2)26(19)28-25(18)12-16/h4-5,7,9,12,14,19,22-24,26,28H,6,8,10-11,13,15H2,1-3H3/t19-,22-,23-,24+,26+,27+/m1/s1. The van der Waals surface area contributed by atoms with Crippen molar-refractivity contribution in [1.82, 2.24) is 0 Å². The van der Waals surface area contributed by atoms with Gasteiger partial charge in [0.05, 0.1) is 7.11 Å². The molecule has 1 aliphatic heterocycles. The number of anilines is 1. The van der Waals surface area contributed by atoms with Crippen LogP contribution in [0.4, 0.5) is 5.69 Å². The topological polar surface area (TPSA) is 21.3 Å². The maximum atomic E-state index is 5.50. The van der Waals surface area contributed by atoms with Gasteiger partial charge in [-0.15, -0.1) is 0 Å². The van der Waals surface area contributed by atoms with E-state index >= 15 is 0 Å². The average Bonchev–Trinajstić information content (AvgIpc) is 3.03. The summed E-state index contributed by atoms with van der Waals surface area (Å²) >= 11 is 0. The Kier molecular flexibility index (Phi) is 3.86. The van der Waals surface area contributed by atoms with E-state index in [1.807, 2.05) is 0 Å². The molecule has 2 heteroatoms. The minimum absolute atomic E-state index is 0.442. The molecule has 0 amide bonds. The zero-order chi connectivity index (χ0) is 19.8. The van der Waals surface area contributed by atoms with Crippen molar-refractivity contribution in [1.29, 1.82) is 0 Å². The molecule has 0 radical (unpaired) electrons. The number of aryl methyl sites for hydroxylation is 2. The van der Waals surface area contributed by atoms with Crippen molar-refractivity contribution in [3.63, 3.8) is 0 Å². The Morgan fingerprint density at radius 3 is 2.83 bits per heavy atom. The number of hydrogen-bond donors (Lipinski definition) is 1. The Labute approximate surface area is 175 Å². The lowest BCUT2D eigenvalue weighted by atomic mass is 9.55. The van der Waals surface area contributed by atoms with Crippen LogP contribution in [-0.2, 0) is 12.8 Å². The highest BCUT2D eigenvalue weighted by molar-refractivity contribution is 5.57. The highest BCUT2D eigenvalue weighted by atomic mass is 16.5. The molecule has 2 aromatic rings. The van der Waals surface area contributed by atoms with Crippen LogP contribution in [0.1, 0.15) is 60.8 Å². The van der Waals surface area contributed by atoms with E-state index in [4.69, 9.17) is 4.74 Å². The van der Waals surface area contributed by atoms with E-state index in [1.54, 1.807) is 18.2 Å². The molecular formula is C27H33NO. The summed E-state index contributed by atoms with van der Waals surface area (Å²) in [5.41, 5.74) is 7.94. The van der Waals surface area contributed by atoms with Gasteiger partial charge in [-0.2, -0.15) is 0 Å². The summed E-state index contributed by atoms with van der Waals surface area (Å²) in [6.45, 7) is 4.84. The van der Waals surface area contributed by atoms with Gasteiger partial charge in [0.25, 0.3) is 0 Å². The normalized spacial score (nSPS) is 36.7. The van der Waals surface area contributed by atoms with Gasteiger partial charge in [0.15, 0.2) is 0 Å². The maximum absolute atomic E-state index is 5.50. The van der Waals surface area contributed by atoms with Gasteiger partial charge < -0.3 is 10.1 Å². The van der Waals surface area contributed by atoms with Crippen LogP contribution in [0.5, 0.6) is 5.75 Å². The molecule has 0 aromatic heterocycles. The van der Waals surface area contributed by atoms with Gasteiger partial charge in [-0.3, -0.25) is 0 Å². The fraction of sp³-hybridized carbons (Fsp3) is 0.556. The Hall–Kier alpha value is -1.96. The van der Waals surface area contributed by atoms with Gasteiger partial charge in [0, 0.05) is 11.7 Å². The lowest BCUT2D eigenvalue weighted by molar-refractivity contribution is 0.0530. The Morgan fingerprint density at radius 2 is 1.97 bits per heavy atom. The Balaban J connectivity index is 1.33. The van der Waals surface area contributed by atoms with Crippen LogP contribution in [0, 0.1) is 30.1 Å². The average molecular weight is 388 g/mol. The number of rotatable bonds is 1. The van der Waals surface area contributed by atoms with E-state index in [1.165, 1.54) is 55.3 Å². The van der Waals surface area contributed by atoms with Gasteiger partial charge in [-0.25, -0.2) is 0 Å². The number of ether oxygens (including phenoxy) is 1. The molecule has 0 bridgehead atoms. The summed E-state index contributed by atoms with van der Waals surface area (Å²) in [5, 5.41) is 4.05.